The Balaban J connectivity index is 1.93. The summed E-state index contributed by atoms with van der Waals surface area (Å²) in [5.41, 5.74) is 5.47. The molecule has 0 spiro atoms. The van der Waals surface area contributed by atoms with Crippen molar-refractivity contribution in [2.45, 2.75) is 62.3 Å². The first-order valence-electron chi connectivity index (χ1n) is 9.28. The zero-order chi connectivity index (χ0) is 21.1. The Kier molecular flexibility index (Phi) is 6.59. The van der Waals surface area contributed by atoms with Gasteiger partial charge in [0.15, 0.2) is 9.84 Å². The van der Waals surface area contributed by atoms with Gasteiger partial charge in [-0.1, -0.05) is 0 Å². The molecule has 1 aliphatic rings. The second-order valence-corrected chi connectivity index (χ2v) is 10.2. The first-order valence-corrected chi connectivity index (χ1v) is 10.8. The van der Waals surface area contributed by atoms with Gasteiger partial charge in [-0.3, -0.25) is 4.79 Å². The number of nitrogen functional groups attached to an aromatic ring is 1. The van der Waals surface area contributed by atoms with Gasteiger partial charge in [0, 0.05) is 18.8 Å². The first kappa shape index (κ1) is 22.0. The molecule has 1 aliphatic heterocycles. The van der Waals surface area contributed by atoms with Crippen LogP contribution in [-0.2, 0) is 19.4 Å². The molecule has 9 heteroatoms. The fraction of sp³-hybridized carbons (Fsp3) is 0.579. The molecule has 0 aliphatic carbocycles. The van der Waals surface area contributed by atoms with Gasteiger partial charge in [-0.25, -0.2) is 13.2 Å². The molecule has 1 saturated heterocycles. The summed E-state index contributed by atoms with van der Waals surface area (Å²) in [5.74, 6) is -0.255. The maximum absolute atomic E-state index is 12.8. The Labute approximate surface area is 166 Å². The molecule has 0 unspecified atom stereocenters. The van der Waals surface area contributed by atoms with Gasteiger partial charge in [0.1, 0.15) is 11.6 Å². The Morgan fingerprint density at radius 2 is 1.71 bits per heavy atom. The van der Waals surface area contributed by atoms with Gasteiger partial charge in [-0.15, -0.1) is 0 Å². The van der Waals surface area contributed by atoms with Gasteiger partial charge >= 0.3 is 6.09 Å². The predicted molar refractivity (Wildman–Crippen MR) is 106 cm³/mol. The molecule has 1 aromatic carbocycles. The number of piperidine rings is 1. The van der Waals surface area contributed by atoms with Crippen LogP contribution in [0.3, 0.4) is 0 Å². The predicted octanol–water partition coefficient (Wildman–Crippen LogP) is 1.95. The summed E-state index contributed by atoms with van der Waals surface area (Å²) >= 11 is 0. The topological polar surface area (TPSA) is 119 Å². The molecule has 1 aromatic rings. The highest BCUT2D eigenvalue weighted by atomic mass is 32.2. The van der Waals surface area contributed by atoms with Crippen molar-refractivity contribution in [1.29, 1.82) is 0 Å². The lowest BCUT2D eigenvalue weighted by atomic mass is 10.1. The van der Waals surface area contributed by atoms with Gasteiger partial charge < -0.3 is 20.7 Å². The number of hydrogen-bond donors (Lipinski definition) is 2. The molecule has 0 aromatic heterocycles. The molecule has 3 N–H and O–H groups in total. The molecule has 8 nitrogen and oxygen atoms in total. The van der Waals surface area contributed by atoms with Crippen molar-refractivity contribution >= 4 is 27.5 Å². The van der Waals surface area contributed by atoms with Crippen molar-refractivity contribution in [3.63, 3.8) is 0 Å². The van der Waals surface area contributed by atoms with E-state index in [1.54, 1.807) is 44.7 Å². The minimum atomic E-state index is -3.47. The highest BCUT2D eigenvalue weighted by Gasteiger charge is 2.34. The van der Waals surface area contributed by atoms with E-state index in [1.807, 2.05) is 0 Å². The molecule has 1 heterocycles. The van der Waals surface area contributed by atoms with Gasteiger partial charge in [0.05, 0.1) is 10.1 Å². The molecule has 156 valence electrons. The maximum Gasteiger partial charge on any atom is 0.408 e. The zero-order valence-corrected chi connectivity index (χ0v) is 17.6. The molecular weight excluding hydrogens is 382 g/mol. The normalized spacial score (nSPS) is 17.1. The summed E-state index contributed by atoms with van der Waals surface area (Å²) in [4.78, 5) is 26.2. The third-order valence-electron chi connectivity index (χ3n) is 4.50. The van der Waals surface area contributed by atoms with Gasteiger partial charge in [-0.2, -0.15) is 0 Å². The lowest BCUT2D eigenvalue weighted by Crippen LogP contribution is -2.51. The molecular formula is C19H29N3O5S. The number of nitrogens with one attached hydrogen (secondary N) is 1. The van der Waals surface area contributed by atoms with Crippen LogP contribution in [0.25, 0.3) is 0 Å². The Bertz CT molecular complexity index is 807. The molecule has 2 amide bonds. The smallest absolute Gasteiger partial charge is 0.408 e. The van der Waals surface area contributed by atoms with Crippen LogP contribution in [0.4, 0.5) is 10.5 Å². The number of nitrogens with two attached hydrogens (primary N) is 1. The fourth-order valence-corrected chi connectivity index (χ4v) is 4.79. The first-order chi connectivity index (χ1) is 12.9. The molecule has 1 atom stereocenters. The Morgan fingerprint density at radius 3 is 2.21 bits per heavy atom. The number of ether oxygens (including phenoxy) is 1. The minimum Gasteiger partial charge on any atom is -0.444 e. The standard InChI is InChI=1S/C19H29N3O5S/c1-13(21-18(24)27-19(2,3)4)17(23)22-11-9-16(10-12-22)28(25,26)15-7-5-14(20)6-8-15/h5-8,13,16H,9-12,20H2,1-4H3,(H,21,24)/t13-/m0/s1. The monoisotopic (exact) mass is 411 g/mol. The molecule has 0 radical (unpaired) electrons. The highest BCUT2D eigenvalue weighted by molar-refractivity contribution is 7.92. The summed E-state index contributed by atoms with van der Waals surface area (Å²) in [6.07, 6.45) is 0.0315. The van der Waals surface area contributed by atoms with Gasteiger partial charge in [-0.05, 0) is 64.8 Å². The number of carbonyl (C=O) groups excluding carboxylic acids is 2. The zero-order valence-electron chi connectivity index (χ0n) is 16.8. The number of likely N-dealkylation sites (tertiary alicyclic amines) is 1. The summed E-state index contributed by atoms with van der Waals surface area (Å²) < 4.78 is 30.7. The number of amides is 2. The summed E-state index contributed by atoms with van der Waals surface area (Å²) in [5, 5.41) is 1.98. The average Bonchev–Trinajstić information content (AvgIpc) is 2.59. The number of anilines is 1. The lowest BCUT2D eigenvalue weighted by molar-refractivity contribution is -0.133. The van der Waals surface area contributed by atoms with Crippen molar-refractivity contribution < 1.29 is 22.7 Å². The quantitative estimate of drug-likeness (QED) is 0.731. The summed E-state index contributed by atoms with van der Waals surface area (Å²) in [6.45, 7) is 7.45. The number of rotatable bonds is 4. The molecule has 1 fully saturated rings. The molecule has 0 saturated carbocycles. The number of nitrogens with zero attached hydrogens (tertiary/aromatic N) is 1. The third-order valence-corrected chi connectivity index (χ3v) is 6.78. The van der Waals surface area contributed by atoms with E-state index < -0.39 is 32.8 Å². The third kappa shape index (κ3) is 5.60. The average molecular weight is 412 g/mol. The van der Waals surface area contributed by atoms with Crippen molar-refractivity contribution in [3.05, 3.63) is 24.3 Å². The van der Waals surface area contributed by atoms with E-state index in [9.17, 15) is 18.0 Å². The van der Waals surface area contributed by atoms with Crippen LogP contribution in [0, 0.1) is 0 Å². The number of alkyl carbamates (subject to hydrolysis) is 1. The highest BCUT2D eigenvalue weighted by Crippen LogP contribution is 2.25. The van der Waals surface area contributed by atoms with E-state index in [0.717, 1.165) is 0 Å². The van der Waals surface area contributed by atoms with Crippen molar-refractivity contribution in [1.82, 2.24) is 10.2 Å². The second-order valence-electron chi connectivity index (χ2n) is 8.01. The van der Waals surface area contributed by atoms with Crippen LogP contribution in [-0.4, -0.2) is 55.3 Å². The van der Waals surface area contributed by atoms with Crippen LogP contribution >= 0.6 is 0 Å². The number of carbonyl (C=O) groups is 2. The largest absolute Gasteiger partial charge is 0.444 e. The SMILES string of the molecule is C[C@H](NC(=O)OC(C)(C)C)C(=O)N1CCC(S(=O)(=O)c2ccc(N)cc2)CC1. The van der Waals surface area contributed by atoms with Crippen molar-refractivity contribution in [3.8, 4) is 0 Å². The molecule has 28 heavy (non-hydrogen) atoms. The number of sulfone groups is 1. The number of benzene rings is 1. The van der Waals surface area contributed by atoms with E-state index in [0.29, 0.717) is 31.6 Å². The summed E-state index contributed by atoms with van der Waals surface area (Å²) in [7, 11) is -3.47. The van der Waals surface area contributed by atoms with E-state index in [-0.39, 0.29) is 10.8 Å². The maximum atomic E-state index is 12.8. The van der Waals surface area contributed by atoms with E-state index >= 15 is 0 Å². The Hall–Kier alpha value is -2.29. The van der Waals surface area contributed by atoms with Crippen LogP contribution in [0.5, 0.6) is 0 Å². The molecule has 0 bridgehead atoms. The van der Waals surface area contributed by atoms with E-state index in [1.165, 1.54) is 12.1 Å². The Morgan fingerprint density at radius 1 is 1.18 bits per heavy atom. The summed E-state index contributed by atoms with van der Waals surface area (Å²) in [6, 6.07) is 5.40. The fourth-order valence-electron chi connectivity index (χ4n) is 3.06. The van der Waals surface area contributed by atoms with Crippen LogP contribution < -0.4 is 11.1 Å². The minimum absolute atomic E-state index is 0.242. The van der Waals surface area contributed by atoms with E-state index in [2.05, 4.69) is 5.32 Å². The van der Waals surface area contributed by atoms with Crippen molar-refractivity contribution in [2.75, 3.05) is 18.8 Å². The second kappa shape index (κ2) is 8.38. The van der Waals surface area contributed by atoms with Crippen LogP contribution in [0.1, 0.15) is 40.5 Å². The van der Waals surface area contributed by atoms with E-state index in [4.69, 9.17) is 10.5 Å². The number of hydrogen-bond acceptors (Lipinski definition) is 6. The lowest BCUT2D eigenvalue weighted by Gasteiger charge is -2.33. The van der Waals surface area contributed by atoms with Gasteiger partial charge in [0.25, 0.3) is 0 Å². The van der Waals surface area contributed by atoms with Crippen LogP contribution in [0.2, 0.25) is 0 Å². The van der Waals surface area contributed by atoms with Crippen molar-refractivity contribution in [2.24, 2.45) is 0 Å². The van der Waals surface area contributed by atoms with Crippen LogP contribution in [0.15, 0.2) is 29.2 Å². The van der Waals surface area contributed by atoms with Gasteiger partial charge in [0.2, 0.25) is 5.91 Å². The molecule has 2 rings (SSSR count).